The van der Waals surface area contributed by atoms with Crippen LogP contribution in [-0.4, -0.2) is 20.7 Å². The van der Waals surface area contributed by atoms with Crippen molar-refractivity contribution in [2.45, 2.75) is 26.3 Å². The summed E-state index contributed by atoms with van der Waals surface area (Å²) in [5.74, 6) is -0.0142. The summed E-state index contributed by atoms with van der Waals surface area (Å²) in [6.45, 7) is 3.99. The highest BCUT2D eigenvalue weighted by Crippen LogP contribution is 2.22. The van der Waals surface area contributed by atoms with Crippen molar-refractivity contribution >= 4 is 22.4 Å². The molecule has 0 radical (unpaired) electrons. The summed E-state index contributed by atoms with van der Waals surface area (Å²) in [5, 5.41) is 11.8. The zero-order valence-electron chi connectivity index (χ0n) is 10.7. The molecule has 0 unspecified atom stereocenters. The number of carbonyl (C=O) groups is 1. The predicted molar refractivity (Wildman–Crippen MR) is 73.3 cm³/mol. The molecule has 0 atom stereocenters. The average molecular weight is 278 g/mol. The summed E-state index contributed by atoms with van der Waals surface area (Å²) in [5.41, 5.74) is -0.210. The number of anilines is 1. The zero-order valence-corrected chi connectivity index (χ0v) is 11.5. The van der Waals surface area contributed by atoms with Crippen LogP contribution in [-0.2, 0) is 11.3 Å². The molecule has 100 valence electrons. The van der Waals surface area contributed by atoms with Gasteiger partial charge in [0.05, 0.1) is 0 Å². The number of pyridine rings is 1. The number of nitrogens with zero attached hydrogens (tertiary/aromatic N) is 3. The SMILES string of the molecule is CC(C)c1nnc(NC(=O)Cn2ccccc2=O)s1. The molecule has 2 rings (SSSR count). The van der Waals surface area contributed by atoms with Crippen LogP contribution >= 0.6 is 11.3 Å². The zero-order chi connectivity index (χ0) is 13.8. The highest BCUT2D eigenvalue weighted by Gasteiger charge is 2.10. The van der Waals surface area contributed by atoms with Crippen LogP contribution in [0.2, 0.25) is 0 Å². The van der Waals surface area contributed by atoms with Crippen LogP contribution in [0.1, 0.15) is 24.8 Å². The Labute approximate surface area is 114 Å². The van der Waals surface area contributed by atoms with Gasteiger partial charge in [-0.25, -0.2) is 0 Å². The summed E-state index contributed by atoms with van der Waals surface area (Å²) >= 11 is 1.34. The van der Waals surface area contributed by atoms with E-state index in [1.807, 2.05) is 13.8 Å². The minimum atomic E-state index is -0.292. The molecule has 0 fully saturated rings. The quantitative estimate of drug-likeness (QED) is 0.918. The summed E-state index contributed by atoms with van der Waals surface area (Å²) < 4.78 is 1.33. The molecule has 7 heteroatoms. The first-order valence-electron chi connectivity index (χ1n) is 5.85. The lowest BCUT2D eigenvalue weighted by Gasteiger charge is -2.03. The van der Waals surface area contributed by atoms with Crippen LogP contribution in [0.4, 0.5) is 5.13 Å². The van der Waals surface area contributed by atoms with Crippen LogP contribution in [0, 0.1) is 0 Å². The average Bonchev–Trinajstić information content (AvgIpc) is 2.80. The minimum absolute atomic E-state index is 0.0315. The first-order chi connectivity index (χ1) is 9.06. The molecule has 0 saturated carbocycles. The Hall–Kier alpha value is -2.02. The van der Waals surface area contributed by atoms with Crippen molar-refractivity contribution in [1.29, 1.82) is 0 Å². The molecule has 0 aliphatic heterocycles. The molecule has 0 spiro atoms. The third-order valence-corrected chi connectivity index (χ3v) is 3.53. The molecule has 2 heterocycles. The number of aromatic nitrogens is 3. The van der Waals surface area contributed by atoms with E-state index in [4.69, 9.17) is 0 Å². The third kappa shape index (κ3) is 3.47. The van der Waals surface area contributed by atoms with Crippen LogP contribution in [0.5, 0.6) is 0 Å². The second-order valence-corrected chi connectivity index (χ2v) is 5.32. The number of rotatable bonds is 4. The van der Waals surface area contributed by atoms with E-state index in [0.29, 0.717) is 5.13 Å². The molecule has 0 aromatic carbocycles. The fraction of sp³-hybridized carbons (Fsp3) is 0.333. The lowest BCUT2D eigenvalue weighted by atomic mass is 10.2. The third-order valence-electron chi connectivity index (χ3n) is 2.39. The molecule has 0 aliphatic carbocycles. The maximum atomic E-state index is 11.8. The molecule has 19 heavy (non-hydrogen) atoms. The van der Waals surface area contributed by atoms with E-state index in [9.17, 15) is 9.59 Å². The van der Waals surface area contributed by atoms with Gasteiger partial charge in [-0.05, 0) is 6.07 Å². The molecule has 2 aromatic heterocycles. The van der Waals surface area contributed by atoms with Crippen molar-refractivity contribution in [3.63, 3.8) is 0 Å². The Bertz CT molecular complexity index is 632. The van der Waals surface area contributed by atoms with Gasteiger partial charge < -0.3 is 4.57 Å². The van der Waals surface area contributed by atoms with Gasteiger partial charge >= 0.3 is 0 Å². The van der Waals surface area contributed by atoms with E-state index in [0.717, 1.165) is 5.01 Å². The highest BCUT2D eigenvalue weighted by atomic mass is 32.1. The second kappa shape index (κ2) is 5.75. The van der Waals surface area contributed by atoms with E-state index in [2.05, 4.69) is 15.5 Å². The largest absolute Gasteiger partial charge is 0.306 e. The Morgan fingerprint density at radius 2 is 2.21 bits per heavy atom. The fourth-order valence-electron chi connectivity index (χ4n) is 1.42. The van der Waals surface area contributed by atoms with Gasteiger partial charge in [-0.15, -0.1) is 10.2 Å². The maximum Gasteiger partial charge on any atom is 0.250 e. The van der Waals surface area contributed by atoms with E-state index < -0.39 is 0 Å². The lowest BCUT2D eigenvalue weighted by Crippen LogP contribution is -2.26. The van der Waals surface area contributed by atoms with Gasteiger partial charge in [-0.3, -0.25) is 14.9 Å². The lowest BCUT2D eigenvalue weighted by molar-refractivity contribution is -0.116. The smallest absolute Gasteiger partial charge is 0.250 e. The molecule has 0 saturated heterocycles. The van der Waals surface area contributed by atoms with Crippen molar-refractivity contribution in [2.75, 3.05) is 5.32 Å². The number of carbonyl (C=O) groups excluding carboxylic acids is 1. The molecule has 2 aromatic rings. The Kier molecular flexibility index (Phi) is 4.06. The molecule has 0 aliphatic rings. The number of amides is 1. The van der Waals surface area contributed by atoms with Crippen molar-refractivity contribution in [1.82, 2.24) is 14.8 Å². The number of hydrogen-bond acceptors (Lipinski definition) is 5. The van der Waals surface area contributed by atoms with E-state index in [1.54, 1.807) is 18.3 Å². The van der Waals surface area contributed by atoms with Crippen molar-refractivity contribution in [3.8, 4) is 0 Å². The number of nitrogens with one attached hydrogen (secondary N) is 1. The van der Waals surface area contributed by atoms with Crippen LogP contribution in [0.25, 0.3) is 0 Å². The highest BCUT2D eigenvalue weighted by molar-refractivity contribution is 7.15. The molecule has 6 nitrogen and oxygen atoms in total. The van der Waals surface area contributed by atoms with Gasteiger partial charge in [0.15, 0.2) is 0 Å². The Morgan fingerprint density at radius 3 is 2.84 bits per heavy atom. The summed E-state index contributed by atoms with van der Waals surface area (Å²) in [6, 6.07) is 4.75. The topological polar surface area (TPSA) is 76.9 Å². The summed E-state index contributed by atoms with van der Waals surface area (Å²) in [4.78, 5) is 23.2. The molecule has 1 amide bonds. The Balaban J connectivity index is 2.01. The maximum absolute atomic E-state index is 11.8. The van der Waals surface area contributed by atoms with Gasteiger partial charge in [0.25, 0.3) is 5.56 Å². The molecule has 1 N–H and O–H groups in total. The van der Waals surface area contributed by atoms with Gasteiger partial charge in [-0.1, -0.05) is 31.3 Å². The van der Waals surface area contributed by atoms with Crippen LogP contribution < -0.4 is 10.9 Å². The monoisotopic (exact) mass is 278 g/mol. The van der Waals surface area contributed by atoms with Gasteiger partial charge in [-0.2, -0.15) is 0 Å². The van der Waals surface area contributed by atoms with Gasteiger partial charge in [0.1, 0.15) is 11.6 Å². The standard InChI is InChI=1S/C12H14N4O2S/c1-8(2)11-14-15-12(19-11)13-9(17)7-16-6-4-3-5-10(16)18/h3-6,8H,7H2,1-2H3,(H,13,15,17). The minimum Gasteiger partial charge on any atom is -0.306 e. The predicted octanol–water partition coefficient (Wildman–Crippen LogP) is 1.46. The number of hydrogen-bond donors (Lipinski definition) is 1. The second-order valence-electron chi connectivity index (χ2n) is 4.32. The van der Waals surface area contributed by atoms with Crippen molar-refractivity contribution in [2.24, 2.45) is 0 Å². The fourth-order valence-corrected chi connectivity index (χ4v) is 2.19. The first kappa shape index (κ1) is 13.4. The summed E-state index contributed by atoms with van der Waals surface area (Å²) in [7, 11) is 0. The first-order valence-corrected chi connectivity index (χ1v) is 6.66. The normalized spacial score (nSPS) is 10.7. The van der Waals surface area contributed by atoms with Gasteiger partial charge in [0.2, 0.25) is 11.0 Å². The van der Waals surface area contributed by atoms with Crippen molar-refractivity contribution in [3.05, 3.63) is 39.8 Å². The summed E-state index contributed by atoms with van der Waals surface area (Å²) in [6.07, 6.45) is 1.57. The Morgan fingerprint density at radius 1 is 1.42 bits per heavy atom. The molecule has 0 bridgehead atoms. The van der Waals surface area contributed by atoms with Crippen LogP contribution in [0.3, 0.4) is 0 Å². The van der Waals surface area contributed by atoms with Gasteiger partial charge in [0, 0.05) is 18.2 Å². The van der Waals surface area contributed by atoms with E-state index >= 15 is 0 Å². The molecular formula is C12H14N4O2S. The van der Waals surface area contributed by atoms with Crippen molar-refractivity contribution < 1.29 is 4.79 Å². The van der Waals surface area contributed by atoms with Crippen LogP contribution in [0.15, 0.2) is 29.2 Å². The molecular weight excluding hydrogens is 264 g/mol. The van der Waals surface area contributed by atoms with E-state index in [1.165, 1.54) is 22.0 Å². The van der Waals surface area contributed by atoms with E-state index in [-0.39, 0.29) is 23.9 Å².